The summed E-state index contributed by atoms with van der Waals surface area (Å²) in [6.45, 7) is -0.505. The van der Waals surface area contributed by atoms with Crippen molar-refractivity contribution in [3.05, 3.63) is 0 Å². The minimum absolute atomic E-state index is 0.191. The Morgan fingerprint density at radius 2 is 2.14 bits per heavy atom. The van der Waals surface area contributed by atoms with Gasteiger partial charge in [-0.15, -0.1) is 0 Å². The van der Waals surface area contributed by atoms with Crippen LogP contribution in [0.3, 0.4) is 0 Å². The summed E-state index contributed by atoms with van der Waals surface area (Å²) in [5.41, 5.74) is 5.41. The first kappa shape index (κ1) is 11.4. The molecule has 0 unspecified atom stereocenters. The summed E-state index contributed by atoms with van der Waals surface area (Å²) in [6.07, 6.45) is 0.389. The summed E-state index contributed by atoms with van der Waals surface area (Å²) >= 11 is 0. The molecule has 0 aromatic carbocycles. The summed E-state index contributed by atoms with van der Waals surface area (Å²) < 4.78 is 23.9. The molecule has 0 heterocycles. The Balaban J connectivity index is 2.33. The van der Waals surface area contributed by atoms with E-state index < -0.39 is 18.5 Å². The van der Waals surface area contributed by atoms with Gasteiger partial charge < -0.3 is 10.6 Å². The van der Waals surface area contributed by atoms with E-state index in [1.165, 1.54) is 7.05 Å². The van der Waals surface area contributed by atoms with E-state index in [0.717, 1.165) is 24.2 Å². The summed E-state index contributed by atoms with van der Waals surface area (Å²) in [6, 6.07) is 0. The van der Waals surface area contributed by atoms with Crippen LogP contribution in [0.15, 0.2) is 0 Å². The SMILES string of the molecule is CN(CC(F)F)C(=O)CC1(N)CCC1. The minimum Gasteiger partial charge on any atom is -0.340 e. The molecule has 2 N–H and O–H groups in total. The van der Waals surface area contributed by atoms with Crippen molar-refractivity contribution in [2.45, 2.75) is 37.6 Å². The summed E-state index contributed by atoms with van der Waals surface area (Å²) in [5, 5.41) is 0. The van der Waals surface area contributed by atoms with Crippen LogP contribution in [-0.2, 0) is 4.79 Å². The van der Waals surface area contributed by atoms with E-state index in [9.17, 15) is 13.6 Å². The molecule has 0 saturated heterocycles. The quantitative estimate of drug-likeness (QED) is 0.745. The fourth-order valence-electron chi connectivity index (χ4n) is 1.55. The second-order valence-electron chi connectivity index (χ2n) is 4.06. The lowest BCUT2D eigenvalue weighted by Gasteiger charge is -2.38. The van der Waals surface area contributed by atoms with Crippen molar-refractivity contribution < 1.29 is 13.6 Å². The molecule has 1 aliphatic carbocycles. The number of rotatable bonds is 4. The number of amides is 1. The van der Waals surface area contributed by atoms with Crippen LogP contribution in [0, 0.1) is 0 Å². The van der Waals surface area contributed by atoms with Crippen molar-refractivity contribution in [1.82, 2.24) is 4.90 Å². The first-order chi connectivity index (χ1) is 6.43. The van der Waals surface area contributed by atoms with Crippen LogP contribution >= 0.6 is 0 Å². The van der Waals surface area contributed by atoms with Gasteiger partial charge in [0.25, 0.3) is 6.43 Å². The second kappa shape index (κ2) is 4.21. The molecule has 0 bridgehead atoms. The number of halogens is 2. The van der Waals surface area contributed by atoms with Gasteiger partial charge in [-0.05, 0) is 19.3 Å². The van der Waals surface area contributed by atoms with E-state index in [1.54, 1.807) is 0 Å². The van der Waals surface area contributed by atoms with Gasteiger partial charge in [0.15, 0.2) is 0 Å². The highest BCUT2D eigenvalue weighted by atomic mass is 19.3. The highest BCUT2D eigenvalue weighted by molar-refractivity contribution is 5.77. The molecule has 0 aliphatic heterocycles. The molecule has 0 spiro atoms. The first-order valence-electron chi connectivity index (χ1n) is 4.74. The van der Waals surface area contributed by atoms with Crippen LogP contribution in [0.25, 0.3) is 0 Å². The molecular weight excluding hydrogens is 190 g/mol. The molecule has 5 heteroatoms. The zero-order valence-electron chi connectivity index (χ0n) is 8.30. The molecule has 0 radical (unpaired) electrons. The summed E-state index contributed by atoms with van der Waals surface area (Å²) in [5.74, 6) is -0.285. The molecule has 14 heavy (non-hydrogen) atoms. The van der Waals surface area contributed by atoms with Crippen molar-refractivity contribution in [2.24, 2.45) is 5.73 Å². The van der Waals surface area contributed by atoms with Crippen LogP contribution in [0.1, 0.15) is 25.7 Å². The van der Waals surface area contributed by atoms with Crippen LogP contribution in [0.4, 0.5) is 8.78 Å². The molecule has 1 rings (SSSR count). The van der Waals surface area contributed by atoms with Gasteiger partial charge in [0.1, 0.15) is 0 Å². The Morgan fingerprint density at radius 3 is 2.50 bits per heavy atom. The molecule has 3 nitrogen and oxygen atoms in total. The maximum atomic E-state index is 11.9. The van der Waals surface area contributed by atoms with Crippen molar-refractivity contribution >= 4 is 5.91 Å². The number of nitrogens with zero attached hydrogens (tertiary/aromatic N) is 1. The third-order valence-corrected chi connectivity index (χ3v) is 2.69. The molecule has 1 amide bonds. The standard InChI is InChI=1S/C9H16F2N2O/c1-13(6-7(10)11)8(14)5-9(12)3-2-4-9/h7H,2-6,12H2,1H3. The maximum absolute atomic E-state index is 11.9. The van der Waals surface area contributed by atoms with E-state index in [0.29, 0.717) is 0 Å². The average Bonchev–Trinajstić information content (AvgIpc) is 2.00. The monoisotopic (exact) mass is 206 g/mol. The molecule has 0 aromatic rings. The molecule has 1 aliphatic rings. The summed E-state index contributed by atoms with van der Waals surface area (Å²) in [4.78, 5) is 12.5. The number of carbonyl (C=O) groups is 1. The van der Waals surface area contributed by atoms with Crippen molar-refractivity contribution in [3.8, 4) is 0 Å². The number of hydrogen-bond acceptors (Lipinski definition) is 2. The normalized spacial score (nSPS) is 19.2. The topological polar surface area (TPSA) is 46.3 Å². The van der Waals surface area contributed by atoms with Crippen LogP contribution < -0.4 is 5.73 Å². The zero-order valence-corrected chi connectivity index (χ0v) is 8.30. The molecule has 1 fully saturated rings. The van der Waals surface area contributed by atoms with Gasteiger partial charge in [0.05, 0.1) is 6.54 Å². The fourth-order valence-corrected chi connectivity index (χ4v) is 1.55. The molecule has 0 aromatic heterocycles. The fraction of sp³-hybridized carbons (Fsp3) is 0.889. The largest absolute Gasteiger partial charge is 0.340 e. The molecule has 0 atom stereocenters. The van der Waals surface area contributed by atoms with Crippen LogP contribution in [0.2, 0.25) is 0 Å². The van der Waals surface area contributed by atoms with Gasteiger partial charge in [0.2, 0.25) is 5.91 Å². The number of nitrogens with two attached hydrogens (primary N) is 1. The lowest BCUT2D eigenvalue weighted by Crippen LogP contribution is -2.50. The lowest BCUT2D eigenvalue weighted by atomic mass is 9.75. The van der Waals surface area contributed by atoms with Crippen molar-refractivity contribution in [3.63, 3.8) is 0 Å². The maximum Gasteiger partial charge on any atom is 0.255 e. The Morgan fingerprint density at radius 1 is 1.57 bits per heavy atom. The summed E-state index contributed by atoms with van der Waals surface area (Å²) in [7, 11) is 1.39. The predicted octanol–water partition coefficient (Wildman–Crippen LogP) is 0.981. The smallest absolute Gasteiger partial charge is 0.255 e. The van der Waals surface area contributed by atoms with E-state index in [1.807, 2.05) is 0 Å². The van der Waals surface area contributed by atoms with E-state index in [-0.39, 0.29) is 12.3 Å². The van der Waals surface area contributed by atoms with Crippen LogP contribution in [-0.4, -0.2) is 36.4 Å². The van der Waals surface area contributed by atoms with Crippen molar-refractivity contribution in [2.75, 3.05) is 13.6 Å². The van der Waals surface area contributed by atoms with Gasteiger partial charge in [0, 0.05) is 19.0 Å². The first-order valence-corrected chi connectivity index (χ1v) is 4.74. The van der Waals surface area contributed by atoms with Gasteiger partial charge in [-0.3, -0.25) is 4.79 Å². The van der Waals surface area contributed by atoms with Gasteiger partial charge >= 0.3 is 0 Å². The predicted molar refractivity (Wildman–Crippen MR) is 49.0 cm³/mol. The third kappa shape index (κ3) is 2.90. The van der Waals surface area contributed by atoms with E-state index in [2.05, 4.69) is 0 Å². The van der Waals surface area contributed by atoms with E-state index >= 15 is 0 Å². The Labute approximate surface area is 82.2 Å². The minimum atomic E-state index is -2.47. The third-order valence-electron chi connectivity index (χ3n) is 2.69. The molecular formula is C9H16F2N2O. The second-order valence-corrected chi connectivity index (χ2v) is 4.06. The van der Waals surface area contributed by atoms with Crippen LogP contribution in [0.5, 0.6) is 0 Å². The zero-order chi connectivity index (χ0) is 10.8. The number of alkyl halides is 2. The highest BCUT2D eigenvalue weighted by Crippen LogP contribution is 2.32. The van der Waals surface area contributed by atoms with Gasteiger partial charge in [-0.2, -0.15) is 0 Å². The van der Waals surface area contributed by atoms with Gasteiger partial charge in [-0.1, -0.05) is 0 Å². The number of carbonyl (C=O) groups excluding carboxylic acids is 1. The average molecular weight is 206 g/mol. The van der Waals surface area contributed by atoms with Crippen molar-refractivity contribution in [1.29, 1.82) is 0 Å². The molecule has 82 valence electrons. The van der Waals surface area contributed by atoms with Gasteiger partial charge in [-0.25, -0.2) is 8.78 Å². The highest BCUT2D eigenvalue weighted by Gasteiger charge is 2.35. The Kier molecular flexibility index (Phi) is 3.42. The lowest BCUT2D eigenvalue weighted by molar-refractivity contribution is -0.133. The Hall–Kier alpha value is -0.710. The number of hydrogen-bond donors (Lipinski definition) is 1. The Bertz CT molecular complexity index is 217. The molecule has 1 saturated carbocycles. The van der Waals surface area contributed by atoms with E-state index in [4.69, 9.17) is 5.73 Å².